The Bertz CT molecular complexity index is 748. The molecule has 20 heavy (non-hydrogen) atoms. The van der Waals surface area contributed by atoms with E-state index >= 15 is 0 Å². The molecule has 6 nitrogen and oxygen atoms in total. The number of fused-ring (bicyclic) bond motifs is 1. The van der Waals surface area contributed by atoms with Gasteiger partial charge < -0.3 is 4.74 Å². The Morgan fingerprint density at radius 1 is 1.30 bits per heavy atom. The van der Waals surface area contributed by atoms with Gasteiger partial charge in [-0.15, -0.1) is 10.2 Å². The Balaban J connectivity index is 1.94. The fraction of sp³-hybridized carbons (Fsp3) is 0.167. The van der Waals surface area contributed by atoms with Crippen LogP contribution >= 0.6 is 23.4 Å². The fourth-order valence-corrected chi connectivity index (χ4v) is 2.78. The van der Waals surface area contributed by atoms with E-state index in [1.807, 2.05) is 28.8 Å². The van der Waals surface area contributed by atoms with E-state index in [1.165, 1.54) is 11.8 Å². The SMILES string of the molecule is COCc1nc(Cl)cc(Sc2nnc3ccccn23)n1. The molecule has 0 atom stereocenters. The van der Waals surface area contributed by atoms with Gasteiger partial charge in [-0.3, -0.25) is 4.40 Å². The molecule has 0 fully saturated rings. The molecule has 0 aliphatic rings. The molecule has 3 aromatic rings. The second-order valence-electron chi connectivity index (χ2n) is 3.89. The summed E-state index contributed by atoms with van der Waals surface area (Å²) in [7, 11) is 1.59. The van der Waals surface area contributed by atoms with E-state index in [4.69, 9.17) is 16.3 Å². The van der Waals surface area contributed by atoms with E-state index in [2.05, 4.69) is 20.2 Å². The summed E-state index contributed by atoms with van der Waals surface area (Å²) in [5.74, 6) is 0.538. The molecule has 3 heterocycles. The third kappa shape index (κ3) is 2.74. The number of nitrogens with zero attached hydrogens (tertiary/aromatic N) is 5. The first kappa shape index (κ1) is 13.3. The minimum absolute atomic E-state index is 0.314. The van der Waals surface area contributed by atoms with Gasteiger partial charge in [-0.2, -0.15) is 0 Å². The average molecular weight is 308 g/mol. The van der Waals surface area contributed by atoms with Crippen LogP contribution in [0.5, 0.6) is 0 Å². The van der Waals surface area contributed by atoms with E-state index < -0.39 is 0 Å². The molecule has 0 aromatic carbocycles. The predicted molar refractivity (Wildman–Crippen MR) is 74.9 cm³/mol. The summed E-state index contributed by atoms with van der Waals surface area (Å²) in [5.41, 5.74) is 0.785. The number of methoxy groups -OCH3 is 1. The van der Waals surface area contributed by atoms with Gasteiger partial charge in [0.05, 0.1) is 0 Å². The van der Waals surface area contributed by atoms with E-state index in [0.29, 0.717) is 22.6 Å². The predicted octanol–water partition coefficient (Wildman–Crippen LogP) is 2.47. The summed E-state index contributed by atoms with van der Waals surface area (Å²) in [6.45, 7) is 0.314. The first-order valence-corrected chi connectivity index (χ1v) is 6.96. The summed E-state index contributed by atoms with van der Waals surface area (Å²) in [6.07, 6.45) is 1.90. The van der Waals surface area contributed by atoms with Crippen molar-refractivity contribution in [1.29, 1.82) is 0 Å². The maximum atomic E-state index is 5.98. The van der Waals surface area contributed by atoms with Gasteiger partial charge >= 0.3 is 0 Å². The summed E-state index contributed by atoms with van der Waals surface area (Å²) < 4.78 is 6.90. The van der Waals surface area contributed by atoms with Gasteiger partial charge in [0.2, 0.25) is 5.16 Å². The van der Waals surface area contributed by atoms with Gasteiger partial charge in [-0.05, 0) is 23.9 Å². The lowest BCUT2D eigenvalue weighted by molar-refractivity contribution is 0.177. The van der Waals surface area contributed by atoms with Crippen LogP contribution in [-0.2, 0) is 11.3 Å². The topological polar surface area (TPSA) is 65.2 Å². The van der Waals surface area contributed by atoms with E-state index in [9.17, 15) is 0 Å². The summed E-state index contributed by atoms with van der Waals surface area (Å²) in [6, 6.07) is 7.41. The van der Waals surface area contributed by atoms with Crippen molar-refractivity contribution >= 4 is 29.0 Å². The largest absolute Gasteiger partial charge is 0.377 e. The molecule has 3 rings (SSSR count). The third-order valence-electron chi connectivity index (χ3n) is 2.47. The molecular formula is C12H10ClN5OS. The van der Waals surface area contributed by atoms with Crippen molar-refractivity contribution < 1.29 is 4.74 Å². The first-order chi connectivity index (χ1) is 9.76. The lowest BCUT2D eigenvalue weighted by Gasteiger charge is -2.03. The van der Waals surface area contributed by atoms with E-state index in [0.717, 1.165) is 10.8 Å². The quantitative estimate of drug-likeness (QED) is 0.690. The van der Waals surface area contributed by atoms with Crippen molar-refractivity contribution in [3.8, 4) is 0 Å². The molecular weight excluding hydrogens is 298 g/mol. The molecule has 0 aliphatic heterocycles. The monoisotopic (exact) mass is 307 g/mol. The smallest absolute Gasteiger partial charge is 0.201 e. The number of hydrogen-bond donors (Lipinski definition) is 0. The zero-order valence-electron chi connectivity index (χ0n) is 10.5. The highest BCUT2D eigenvalue weighted by Gasteiger charge is 2.10. The van der Waals surface area contributed by atoms with Crippen LogP contribution in [0.3, 0.4) is 0 Å². The second kappa shape index (κ2) is 5.74. The van der Waals surface area contributed by atoms with Crippen LogP contribution in [0.4, 0.5) is 0 Å². The molecule has 3 aromatic heterocycles. The number of hydrogen-bond acceptors (Lipinski definition) is 6. The Morgan fingerprint density at radius 3 is 3.05 bits per heavy atom. The zero-order valence-corrected chi connectivity index (χ0v) is 12.1. The molecule has 8 heteroatoms. The van der Waals surface area contributed by atoms with Crippen molar-refractivity contribution in [2.75, 3.05) is 7.11 Å². The van der Waals surface area contributed by atoms with Crippen molar-refractivity contribution in [3.63, 3.8) is 0 Å². The van der Waals surface area contributed by atoms with Crippen molar-refractivity contribution in [1.82, 2.24) is 24.6 Å². The number of halogens is 1. The van der Waals surface area contributed by atoms with Gasteiger partial charge in [0.1, 0.15) is 16.8 Å². The van der Waals surface area contributed by atoms with Crippen LogP contribution in [0.2, 0.25) is 5.15 Å². The van der Waals surface area contributed by atoms with Crippen LogP contribution in [0.15, 0.2) is 40.6 Å². The molecule has 0 unspecified atom stereocenters. The van der Waals surface area contributed by atoms with Crippen LogP contribution in [-0.4, -0.2) is 31.7 Å². The Kier molecular flexibility index (Phi) is 3.81. The molecule has 0 amide bonds. The highest BCUT2D eigenvalue weighted by molar-refractivity contribution is 7.99. The lowest BCUT2D eigenvalue weighted by Crippen LogP contribution is -1.98. The third-order valence-corrected chi connectivity index (χ3v) is 3.54. The molecule has 0 saturated heterocycles. The normalized spacial score (nSPS) is 11.1. The molecule has 0 aliphatic carbocycles. The average Bonchev–Trinajstić information content (AvgIpc) is 2.82. The maximum absolute atomic E-state index is 5.98. The number of rotatable bonds is 4. The van der Waals surface area contributed by atoms with Crippen LogP contribution in [0, 0.1) is 0 Å². The van der Waals surface area contributed by atoms with Crippen molar-refractivity contribution in [2.24, 2.45) is 0 Å². The van der Waals surface area contributed by atoms with Gasteiger partial charge in [0.15, 0.2) is 11.5 Å². The number of ether oxygens (including phenoxy) is 1. The lowest BCUT2D eigenvalue weighted by atomic mass is 10.5. The summed E-state index contributed by atoms with van der Waals surface area (Å²) in [5, 5.41) is 10.0. The first-order valence-electron chi connectivity index (χ1n) is 5.76. The van der Waals surface area contributed by atoms with Crippen LogP contribution in [0.25, 0.3) is 5.65 Å². The molecule has 102 valence electrons. The van der Waals surface area contributed by atoms with Crippen molar-refractivity contribution in [2.45, 2.75) is 16.8 Å². The number of pyridine rings is 1. The van der Waals surface area contributed by atoms with E-state index in [-0.39, 0.29) is 0 Å². The van der Waals surface area contributed by atoms with Gasteiger partial charge in [-0.1, -0.05) is 17.7 Å². The number of aromatic nitrogens is 5. The Hall–Kier alpha value is -1.70. The standard InChI is InChI=1S/C12H10ClN5OS/c1-19-7-9-14-8(13)6-11(15-9)20-12-17-16-10-4-2-3-5-18(10)12/h2-6H,7H2,1H3. The van der Waals surface area contributed by atoms with Gasteiger partial charge in [0.25, 0.3) is 0 Å². The van der Waals surface area contributed by atoms with Crippen molar-refractivity contribution in [3.05, 3.63) is 41.4 Å². The highest BCUT2D eigenvalue weighted by atomic mass is 35.5. The minimum atomic E-state index is 0.314. The summed E-state index contributed by atoms with van der Waals surface area (Å²) >= 11 is 7.36. The van der Waals surface area contributed by atoms with E-state index in [1.54, 1.807) is 13.2 Å². The zero-order chi connectivity index (χ0) is 13.9. The molecule has 0 spiro atoms. The fourth-order valence-electron chi connectivity index (χ4n) is 1.67. The molecule has 0 N–H and O–H groups in total. The Labute approximate surface area is 124 Å². The van der Waals surface area contributed by atoms with Crippen LogP contribution in [0.1, 0.15) is 5.82 Å². The van der Waals surface area contributed by atoms with Crippen LogP contribution < -0.4 is 0 Å². The van der Waals surface area contributed by atoms with Gasteiger partial charge in [-0.25, -0.2) is 9.97 Å². The van der Waals surface area contributed by atoms with Gasteiger partial charge in [0, 0.05) is 19.4 Å². The minimum Gasteiger partial charge on any atom is -0.377 e. The molecule has 0 saturated carbocycles. The maximum Gasteiger partial charge on any atom is 0.201 e. The molecule has 0 bridgehead atoms. The molecule has 0 radical (unpaired) electrons. The highest BCUT2D eigenvalue weighted by Crippen LogP contribution is 2.26. The Morgan fingerprint density at radius 2 is 2.20 bits per heavy atom. The summed E-state index contributed by atoms with van der Waals surface area (Å²) in [4.78, 5) is 8.45. The second-order valence-corrected chi connectivity index (χ2v) is 5.27.